The standard InChI is InChI=1S/C53H96O15/c1-3-5-7-9-11-13-15-17-18-19-20-21-22-24-26-28-30-32-34-36-45(56)66-41(38-63-44(55)35-33-31-29-27-25-23-16-14-12-10-8-6-4-2)39-64-52-51(62)49(60)47(58)43(68-52)40-65-53-50(61)48(59)46(57)42(37-54)67-53/h14,16-18,41-43,46-54,57-62H,3-13,15,19-40H2,1-2H3/b16-14+,18-17+/t41-,42+,43+,46-,47-,48?,49?,50?,51?,52+,53+/m1/s1. The predicted molar refractivity (Wildman–Crippen MR) is 261 cm³/mol. The van der Waals surface area contributed by atoms with Crippen LogP contribution >= 0.6 is 0 Å². The van der Waals surface area contributed by atoms with E-state index in [0.717, 1.165) is 64.2 Å². The van der Waals surface area contributed by atoms with E-state index in [1.165, 1.54) is 103 Å². The molecule has 0 saturated carbocycles. The second kappa shape index (κ2) is 40.6. The van der Waals surface area contributed by atoms with Crippen LogP contribution in [0.5, 0.6) is 0 Å². The first-order valence-corrected chi connectivity index (χ1v) is 26.9. The Morgan fingerprint density at radius 1 is 0.456 bits per heavy atom. The number of esters is 2. The molecule has 0 aromatic heterocycles. The van der Waals surface area contributed by atoms with Crippen LogP contribution in [0.15, 0.2) is 24.3 Å². The molecule has 4 unspecified atom stereocenters. The van der Waals surface area contributed by atoms with E-state index in [1.54, 1.807) is 0 Å². The highest BCUT2D eigenvalue weighted by Crippen LogP contribution is 2.26. The summed E-state index contributed by atoms with van der Waals surface area (Å²) in [6.07, 6.45) is 24.9. The number of unbranched alkanes of at least 4 members (excludes halogenated alkanes) is 24. The third kappa shape index (κ3) is 28.1. The Kier molecular flexibility index (Phi) is 37.0. The zero-order valence-corrected chi connectivity index (χ0v) is 42.1. The van der Waals surface area contributed by atoms with Crippen LogP contribution in [0.2, 0.25) is 0 Å². The fraction of sp³-hybridized carbons (Fsp3) is 0.887. The van der Waals surface area contributed by atoms with Crippen molar-refractivity contribution in [2.45, 2.75) is 274 Å². The lowest BCUT2D eigenvalue weighted by molar-refractivity contribution is -0.332. The van der Waals surface area contributed by atoms with Crippen LogP contribution in [0, 0.1) is 0 Å². The number of hydrogen-bond acceptors (Lipinski definition) is 15. The van der Waals surface area contributed by atoms with Crippen molar-refractivity contribution in [3.8, 4) is 0 Å². The maximum Gasteiger partial charge on any atom is 0.306 e. The largest absolute Gasteiger partial charge is 0.462 e. The molecule has 11 atom stereocenters. The highest BCUT2D eigenvalue weighted by molar-refractivity contribution is 5.70. The lowest BCUT2D eigenvalue weighted by atomic mass is 9.98. The number of carbonyl (C=O) groups is 2. The number of aliphatic hydroxyl groups is 7. The fourth-order valence-corrected chi connectivity index (χ4v) is 8.44. The highest BCUT2D eigenvalue weighted by Gasteiger charge is 2.47. The van der Waals surface area contributed by atoms with Gasteiger partial charge in [0.05, 0.1) is 19.8 Å². The van der Waals surface area contributed by atoms with E-state index in [0.29, 0.717) is 12.8 Å². The average Bonchev–Trinajstić information content (AvgIpc) is 3.33. The van der Waals surface area contributed by atoms with Gasteiger partial charge in [-0.25, -0.2) is 0 Å². The van der Waals surface area contributed by atoms with Crippen molar-refractivity contribution in [3.05, 3.63) is 24.3 Å². The summed E-state index contributed by atoms with van der Waals surface area (Å²) in [6, 6.07) is 0. The van der Waals surface area contributed by atoms with Crippen LogP contribution in [0.4, 0.5) is 0 Å². The molecule has 15 heteroatoms. The normalized spacial score (nSPS) is 25.9. The van der Waals surface area contributed by atoms with Gasteiger partial charge >= 0.3 is 11.9 Å². The van der Waals surface area contributed by atoms with Crippen LogP contribution in [-0.2, 0) is 38.0 Å². The lowest BCUT2D eigenvalue weighted by Crippen LogP contribution is -2.61. The molecule has 2 heterocycles. The minimum atomic E-state index is -1.76. The van der Waals surface area contributed by atoms with Crippen LogP contribution in [0.1, 0.15) is 206 Å². The summed E-state index contributed by atoms with van der Waals surface area (Å²) in [4.78, 5) is 25.8. The van der Waals surface area contributed by atoms with Crippen LogP contribution in [0.3, 0.4) is 0 Å². The van der Waals surface area contributed by atoms with Crippen molar-refractivity contribution in [1.82, 2.24) is 0 Å². The SMILES string of the molecule is CCCCCC/C=C/CCCCCCCC(=O)OC[C@H](CO[C@H]1O[C@@H](CO[C@H]2O[C@@H](CO)[C@@H](O)C(O)C2O)[C@@H](O)C(O)C1O)OC(=O)CCCCCCCCCCC/C=C/CCCCCCCC. The first kappa shape index (κ1) is 62.1. The summed E-state index contributed by atoms with van der Waals surface area (Å²) in [5.74, 6) is -0.931. The molecule has 2 saturated heterocycles. The monoisotopic (exact) mass is 973 g/mol. The quantitative estimate of drug-likeness (QED) is 0.0175. The Hall–Kier alpha value is -2.02. The average molecular weight is 973 g/mol. The Bertz CT molecular complexity index is 1280. The maximum atomic E-state index is 13.0. The first-order chi connectivity index (χ1) is 33.0. The summed E-state index contributed by atoms with van der Waals surface area (Å²) >= 11 is 0. The smallest absolute Gasteiger partial charge is 0.306 e. The van der Waals surface area contributed by atoms with Gasteiger partial charge in [-0.15, -0.1) is 0 Å². The van der Waals surface area contributed by atoms with Crippen molar-refractivity contribution >= 4 is 11.9 Å². The van der Waals surface area contributed by atoms with Crippen molar-refractivity contribution in [3.63, 3.8) is 0 Å². The summed E-state index contributed by atoms with van der Waals surface area (Å²) in [5, 5.41) is 72.1. The number of hydrogen-bond donors (Lipinski definition) is 7. The number of rotatable bonds is 42. The molecule has 2 rings (SSSR count). The highest BCUT2D eigenvalue weighted by atomic mass is 16.7. The molecule has 0 bridgehead atoms. The molecule has 2 aliphatic rings. The van der Waals surface area contributed by atoms with E-state index >= 15 is 0 Å². The number of carbonyl (C=O) groups excluding carboxylic acids is 2. The second-order valence-corrected chi connectivity index (χ2v) is 19.0. The van der Waals surface area contributed by atoms with Gasteiger partial charge in [-0.05, 0) is 64.2 Å². The lowest BCUT2D eigenvalue weighted by Gasteiger charge is -2.42. The van der Waals surface area contributed by atoms with Gasteiger partial charge in [0.1, 0.15) is 55.4 Å². The van der Waals surface area contributed by atoms with E-state index < -0.39 is 92.7 Å². The van der Waals surface area contributed by atoms with Crippen LogP contribution in [0.25, 0.3) is 0 Å². The molecule has 15 nitrogen and oxygen atoms in total. The Morgan fingerprint density at radius 2 is 0.838 bits per heavy atom. The van der Waals surface area contributed by atoms with Crippen molar-refractivity contribution in [2.75, 3.05) is 26.4 Å². The molecule has 0 spiro atoms. The zero-order valence-electron chi connectivity index (χ0n) is 42.1. The van der Waals surface area contributed by atoms with E-state index in [9.17, 15) is 45.3 Å². The van der Waals surface area contributed by atoms with Gasteiger partial charge in [0, 0.05) is 12.8 Å². The summed E-state index contributed by atoms with van der Waals surface area (Å²) in [5.41, 5.74) is 0. The number of aliphatic hydroxyl groups excluding tert-OH is 7. The van der Waals surface area contributed by atoms with Crippen molar-refractivity contribution in [1.29, 1.82) is 0 Å². The van der Waals surface area contributed by atoms with E-state index in [1.807, 2.05) is 0 Å². The molecule has 7 N–H and O–H groups in total. The van der Waals surface area contributed by atoms with Gasteiger partial charge in [-0.2, -0.15) is 0 Å². The summed E-state index contributed by atoms with van der Waals surface area (Å²) in [7, 11) is 0. The number of allylic oxidation sites excluding steroid dienone is 4. The minimum absolute atomic E-state index is 0.163. The molecule has 0 aromatic carbocycles. The Morgan fingerprint density at radius 3 is 1.31 bits per heavy atom. The topological polar surface area (TPSA) is 231 Å². The van der Waals surface area contributed by atoms with Gasteiger partial charge < -0.3 is 64.2 Å². The van der Waals surface area contributed by atoms with Crippen LogP contribution < -0.4 is 0 Å². The summed E-state index contributed by atoms with van der Waals surface area (Å²) in [6.45, 7) is 2.58. The molecule has 0 aliphatic carbocycles. The van der Waals surface area contributed by atoms with E-state index in [-0.39, 0.29) is 26.1 Å². The molecule has 2 aliphatic heterocycles. The summed E-state index contributed by atoms with van der Waals surface area (Å²) < 4.78 is 33.6. The molecule has 68 heavy (non-hydrogen) atoms. The maximum absolute atomic E-state index is 13.0. The molecule has 0 radical (unpaired) electrons. The predicted octanol–water partition coefficient (Wildman–Crippen LogP) is 7.94. The third-order valence-corrected chi connectivity index (χ3v) is 12.9. The first-order valence-electron chi connectivity index (χ1n) is 26.9. The molecule has 0 amide bonds. The fourth-order valence-electron chi connectivity index (χ4n) is 8.44. The van der Waals surface area contributed by atoms with E-state index in [2.05, 4.69) is 38.2 Å². The molecule has 398 valence electrons. The molecule has 0 aromatic rings. The van der Waals surface area contributed by atoms with Crippen LogP contribution in [-0.4, -0.2) is 142 Å². The zero-order chi connectivity index (χ0) is 49.6. The van der Waals surface area contributed by atoms with Crippen molar-refractivity contribution in [2.24, 2.45) is 0 Å². The van der Waals surface area contributed by atoms with Gasteiger partial charge in [0.15, 0.2) is 18.7 Å². The van der Waals surface area contributed by atoms with E-state index in [4.69, 9.17) is 28.4 Å². The van der Waals surface area contributed by atoms with Gasteiger partial charge in [-0.1, -0.05) is 154 Å². The number of ether oxygens (including phenoxy) is 6. The second-order valence-electron chi connectivity index (χ2n) is 19.0. The van der Waals surface area contributed by atoms with Gasteiger partial charge in [-0.3, -0.25) is 9.59 Å². The minimum Gasteiger partial charge on any atom is -0.462 e. The van der Waals surface area contributed by atoms with Gasteiger partial charge in [0.2, 0.25) is 0 Å². The Labute approximate surface area is 409 Å². The molecular formula is C53H96O15. The van der Waals surface area contributed by atoms with Gasteiger partial charge in [0.25, 0.3) is 0 Å². The Balaban J connectivity index is 1.78. The molecule has 2 fully saturated rings. The van der Waals surface area contributed by atoms with Crippen molar-refractivity contribution < 1.29 is 73.8 Å². The third-order valence-electron chi connectivity index (χ3n) is 12.9. The molecular weight excluding hydrogens is 877 g/mol.